The highest BCUT2D eigenvalue weighted by atomic mass is 35.5. The van der Waals surface area contributed by atoms with Crippen LogP contribution in [-0.4, -0.2) is 35.9 Å². The van der Waals surface area contributed by atoms with E-state index in [-0.39, 0.29) is 18.4 Å². The van der Waals surface area contributed by atoms with Crippen LogP contribution in [0.3, 0.4) is 0 Å². The Labute approximate surface area is 181 Å². The molecule has 1 N–H and O–H groups in total. The maximum Gasteiger partial charge on any atom is 0.261 e. The SMILES string of the molecule is CCCNC(=O)[C@H](C)N(Cc1ccccc1C)C(=O)COc1ccc(Cl)cc1Cl. The first-order valence-corrected chi connectivity index (χ1v) is 10.3. The standard InChI is InChI=1S/C22H26Cl2N2O3/c1-4-11-25-22(28)16(3)26(13-17-8-6-5-7-15(17)2)21(27)14-29-20-10-9-18(23)12-19(20)24/h5-10,12,16H,4,11,13-14H2,1-3H3,(H,25,28)/t16-/m0/s1. The minimum absolute atomic E-state index is 0.196. The Balaban J connectivity index is 2.17. The largest absolute Gasteiger partial charge is 0.482 e. The van der Waals surface area contributed by atoms with Gasteiger partial charge in [0.05, 0.1) is 5.02 Å². The number of rotatable bonds is 9. The van der Waals surface area contributed by atoms with E-state index in [2.05, 4.69) is 5.32 Å². The van der Waals surface area contributed by atoms with Crippen molar-refractivity contribution in [2.75, 3.05) is 13.2 Å². The molecule has 0 aliphatic rings. The second-order valence-corrected chi connectivity index (χ2v) is 7.62. The predicted molar refractivity (Wildman–Crippen MR) is 116 cm³/mol. The third-order valence-corrected chi connectivity index (χ3v) is 5.09. The molecule has 0 unspecified atom stereocenters. The average molecular weight is 437 g/mol. The van der Waals surface area contributed by atoms with Crippen molar-refractivity contribution < 1.29 is 14.3 Å². The second-order valence-electron chi connectivity index (χ2n) is 6.78. The van der Waals surface area contributed by atoms with Crippen LogP contribution in [-0.2, 0) is 16.1 Å². The highest BCUT2D eigenvalue weighted by Crippen LogP contribution is 2.27. The molecule has 1 atom stereocenters. The molecule has 2 aromatic rings. The molecular formula is C22H26Cl2N2O3. The summed E-state index contributed by atoms with van der Waals surface area (Å²) in [6.45, 7) is 6.31. The number of nitrogens with zero attached hydrogens (tertiary/aromatic N) is 1. The molecule has 5 nitrogen and oxygen atoms in total. The summed E-state index contributed by atoms with van der Waals surface area (Å²) in [6.07, 6.45) is 0.822. The predicted octanol–water partition coefficient (Wildman–Crippen LogP) is 4.62. The van der Waals surface area contributed by atoms with Crippen LogP contribution in [0.5, 0.6) is 5.75 Å². The third-order valence-electron chi connectivity index (χ3n) is 4.56. The quantitative estimate of drug-likeness (QED) is 0.623. The van der Waals surface area contributed by atoms with Gasteiger partial charge in [-0.25, -0.2) is 0 Å². The van der Waals surface area contributed by atoms with Crippen molar-refractivity contribution >= 4 is 35.0 Å². The second kappa shape index (κ2) is 11.1. The lowest BCUT2D eigenvalue weighted by atomic mass is 10.1. The van der Waals surface area contributed by atoms with Gasteiger partial charge in [-0.15, -0.1) is 0 Å². The van der Waals surface area contributed by atoms with Gasteiger partial charge >= 0.3 is 0 Å². The van der Waals surface area contributed by atoms with Gasteiger partial charge in [-0.2, -0.15) is 0 Å². The fraction of sp³-hybridized carbons (Fsp3) is 0.364. The minimum atomic E-state index is -0.641. The molecule has 0 aliphatic heterocycles. The zero-order valence-corrected chi connectivity index (χ0v) is 18.4. The van der Waals surface area contributed by atoms with Gasteiger partial charge in [-0.3, -0.25) is 9.59 Å². The molecule has 156 valence electrons. The van der Waals surface area contributed by atoms with Gasteiger partial charge in [0.15, 0.2) is 6.61 Å². The molecule has 0 spiro atoms. The van der Waals surface area contributed by atoms with Gasteiger partial charge in [0.25, 0.3) is 5.91 Å². The maximum atomic E-state index is 13.0. The minimum Gasteiger partial charge on any atom is -0.482 e. The molecule has 0 saturated carbocycles. The highest BCUT2D eigenvalue weighted by molar-refractivity contribution is 6.35. The summed E-state index contributed by atoms with van der Waals surface area (Å²) in [5, 5.41) is 3.65. The van der Waals surface area contributed by atoms with Gasteiger partial charge in [0.1, 0.15) is 11.8 Å². The molecule has 0 heterocycles. The topological polar surface area (TPSA) is 58.6 Å². The van der Waals surface area contributed by atoms with Crippen LogP contribution in [0.1, 0.15) is 31.4 Å². The van der Waals surface area contributed by atoms with Gasteiger partial charge in [-0.05, 0) is 49.6 Å². The van der Waals surface area contributed by atoms with Gasteiger partial charge < -0.3 is 15.0 Å². The van der Waals surface area contributed by atoms with Crippen molar-refractivity contribution in [3.05, 3.63) is 63.6 Å². The van der Waals surface area contributed by atoms with Crippen molar-refractivity contribution in [2.24, 2.45) is 0 Å². The van der Waals surface area contributed by atoms with Crippen LogP contribution in [0.2, 0.25) is 10.0 Å². The Morgan fingerprint density at radius 3 is 2.55 bits per heavy atom. The van der Waals surface area contributed by atoms with Gasteiger partial charge in [-0.1, -0.05) is 54.4 Å². The van der Waals surface area contributed by atoms with E-state index in [1.807, 2.05) is 38.1 Å². The molecule has 7 heteroatoms. The number of carbonyl (C=O) groups excluding carboxylic acids is 2. The molecule has 0 saturated heterocycles. The summed E-state index contributed by atoms with van der Waals surface area (Å²) in [4.78, 5) is 27.0. The summed E-state index contributed by atoms with van der Waals surface area (Å²) in [5.41, 5.74) is 2.02. The van der Waals surface area contributed by atoms with Gasteiger partial charge in [0, 0.05) is 18.1 Å². The summed E-state index contributed by atoms with van der Waals surface area (Å²) in [6, 6.07) is 11.9. The number of halogens is 2. The van der Waals surface area contributed by atoms with Crippen LogP contribution < -0.4 is 10.1 Å². The van der Waals surface area contributed by atoms with Crippen molar-refractivity contribution in [3.63, 3.8) is 0 Å². The smallest absolute Gasteiger partial charge is 0.261 e. The summed E-state index contributed by atoms with van der Waals surface area (Å²) >= 11 is 12.0. The van der Waals surface area contributed by atoms with E-state index in [1.54, 1.807) is 25.1 Å². The van der Waals surface area contributed by atoms with Crippen molar-refractivity contribution in [3.8, 4) is 5.75 Å². The van der Waals surface area contributed by atoms with E-state index in [4.69, 9.17) is 27.9 Å². The van der Waals surface area contributed by atoms with Crippen molar-refractivity contribution in [1.29, 1.82) is 0 Å². The van der Waals surface area contributed by atoms with E-state index >= 15 is 0 Å². The monoisotopic (exact) mass is 436 g/mol. The number of ether oxygens (including phenoxy) is 1. The Morgan fingerprint density at radius 1 is 1.17 bits per heavy atom. The summed E-state index contributed by atoms with van der Waals surface area (Å²) in [5.74, 6) is -0.139. The lowest BCUT2D eigenvalue weighted by Crippen LogP contribution is -2.49. The number of hydrogen-bond donors (Lipinski definition) is 1. The first kappa shape index (κ1) is 23.0. The van der Waals surface area contributed by atoms with E-state index in [0.29, 0.717) is 28.9 Å². The Bertz CT molecular complexity index is 858. The summed E-state index contributed by atoms with van der Waals surface area (Å²) < 4.78 is 5.60. The van der Waals surface area contributed by atoms with Crippen LogP contribution in [0, 0.1) is 6.92 Å². The average Bonchev–Trinajstić information content (AvgIpc) is 2.70. The molecule has 0 aliphatic carbocycles. The number of nitrogens with one attached hydrogen (secondary N) is 1. The molecule has 29 heavy (non-hydrogen) atoms. The number of amides is 2. The Morgan fingerprint density at radius 2 is 1.90 bits per heavy atom. The zero-order valence-electron chi connectivity index (χ0n) is 16.9. The molecular weight excluding hydrogens is 411 g/mol. The molecule has 0 aromatic heterocycles. The molecule has 0 fully saturated rings. The third kappa shape index (κ3) is 6.65. The van der Waals surface area contributed by atoms with E-state index in [0.717, 1.165) is 17.5 Å². The molecule has 0 radical (unpaired) electrons. The number of hydrogen-bond acceptors (Lipinski definition) is 3. The zero-order chi connectivity index (χ0) is 21.4. The van der Waals surface area contributed by atoms with E-state index in [9.17, 15) is 9.59 Å². The maximum absolute atomic E-state index is 13.0. The number of benzene rings is 2. The van der Waals surface area contributed by atoms with Crippen LogP contribution in [0.25, 0.3) is 0 Å². The fourth-order valence-electron chi connectivity index (χ4n) is 2.76. The van der Waals surface area contributed by atoms with Crippen LogP contribution in [0.4, 0.5) is 0 Å². The Hall–Kier alpha value is -2.24. The van der Waals surface area contributed by atoms with Crippen LogP contribution in [0.15, 0.2) is 42.5 Å². The lowest BCUT2D eigenvalue weighted by molar-refractivity contribution is -0.142. The Kier molecular flexibility index (Phi) is 8.80. The summed E-state index contributed by atoms with van der Waals surface area (Å²) in [7, 11) is 0. The molecule has 2 amide bonds. The number of carbonyl (C=O) groups is 2. The normalized spacial score (nSPS) is 11.6. The fourth-order valence-corrected chi connectivity index (χ4v) is 3.23. The van der Waals surface area contributed by atoms with E-state index in [1.165, 1.54) is 4.90 Å². The van der Waals surface area contributed by atoms with Crippen molar-refractivity contribution in [2.45, 2.75) is 39.8 Å². The lowest BCUT2D eigenvalue weighted by Gasteiger charge is -2.29. The first-order valence-electron chi connectivity index (χ1n) is 9.53. The van der Waals surface area contributed by atoms with Gasteiger partial charge in [0.2, 0.25) is 5.91 Å². The van der Waals surface area contributed by atoms with Crippen LogP contribution >= 0.6 is 23.2 Å². The molecule has 0 bridgehead atoms. The molecule has 2 rings (SSSR count). The van der Waals surface area contributed by atoms with Crippen molar-refractivity contribution in [1.82, 2.24) is 10.2 Å². The number of aryl methyl sites for hydroxylation is 1. The first-order chi connectivity index (χ1) is 13.8. The van der Waals surface area contributed by atoms with E-state index < -0.39 is 6.04 Å². The highest BCUT2D eigenvalue weighted by Gasteiger charge is 2.26. The molecule has 2 aromatic carbocycles.